The Labute approximate surface area is 218 Å². The highest BCUT2D eigenvalue weighted by Gasteiger charge is 2.38. The maximum Gasteiger partial charge on any atom is 0.507 e. The third-order valence-corrected chi connectivity index (χ3v) is 8.01. The van der Waals surface area contributed by atoms with Gasteiger partial charge in [-0.15, -0.1) is 0 Å². The van der Waals surface area contributed by atoms with Gasteiger partial charge in [0.1, 0.15) is 11.9 Å². The number of sulfonamides is 1. The van der Waals surface area contributed by atoms with Crippen molar-refractivity contribution in [1.29, 1.82) is 0 Å². The van der Waals surface area contributed by atoms with Crippen LogP contribution >= 0.6 is 23.2 Å². The highest BCUT2D eigenvalue weighted by molar-refractivity contribution is 7.89. The number of carbonyl (C=O) groups is 2. The summed E-state index contributed by atoms with van der Waals surface area (Å²) in [5.41, 5.74) is 11.9. The Morgan fingerprint density at radius 2 is 2.00 bits per heavy atom. The second-order valence-electron chi connectivity index (χ2n) is 8.63. The number of nitrogens with one attached hydrogen (secondary N) is 2. The number of hydrogen-bond donors (Lipinski definition) is 5. The number of hydrogen-bond acceptors (Lipinski definition) is 8. The predicted molar refractivity (Wildman–Crippen MR) is 133 cm³/mol. The Morgan fingerprint density at radius 1 is 1.33 bits per heavy atom. The number of halogens is 2. The van der Waals surface area contributed by atoms with Crippen LogP contribution < -0.4 is 16.2 Å². The number of amides is 1. The van der Waals surface area contributed by atoms with Crippen LogP contribution in [-0.4, -0.2) is 59.3 Å². The minimum absolute atomic E-state index is 0.0117. The van der Waals surface area contributed by atoms with Crippen molar-refractivity contribution in [2.24, 2.45) is 11.7 Å². The molecule has 0 bridgehead atoms. The van der Waals surface area contributed by atoms with Crippen LogP contribution in [-0.2, 0) is 19.6 Å². The van der Waals surface area contributed by atoms with Gasteiger partial charge in [-0.25, -0.2) is 18.2 Å². The van der Waals surface area contributed by atoms with E-state index in [1.54, 1.807) is 6.20 Å². The number of aromatic amines is 1. The van der Waals surface area contributed by atoms with E-state index in [9.17, 15) is 18.0 Å². The second-order valence-corrected chi connectivity index (χ2v) is 11.2. The van der Waals surface area contributed by atoms with Gasteiger partial charge in [0.2, 0.25) is 15.9 Å². The third-order valence-electron chi connectivity index (χ3n) is 5.93. The maximum atomic E-state index is 13.6. The van der Waals surface area contributed by atoms with E-state index in [-0.39, 0.29) is 52.4 Å². The number of imidazole rings is 1. The SMILES string of the molecule is C[C@@H]1CCN(C(=O)[C@H](CCC(N)c2ncc[nH]2)NS(=O)(=O)c2cc(Cl)c(N)c(Cl)c2)[C@H](OC(=O)O)C1. The zero-order chi connectivity index (χ0) is 26.6. The summed E-state index contributed by atoms with van der Waals surface area (Å²) < 4.78 is 33.8. The summed E-state index contributed by atoms with van der Waals surface area (Å²) in [6.45, 7) is 2.11. The molecule has 4 atom stereocenters. The number of likely N-dealkylation sites (tertiary alicyclic amines) is 1. The van der Waals surface area contributed by atoms with Crippen molar-refractivity contribution in [2.45, 2.75) is 55.8 Å². The average Bonchev–Trinajstić information content (AvgIpc) is 3.34. The molecule has 1 fully saturated rings. The van der Waals surface area contributed by atoms with Crippen molar-refractivity contribution in [3.63, 3.8) is 0 Å². The van der Waals surface area contributed by atoms with E-state index in [1.807, 2.05) is 6.92 Å². The summed E-state index contributed by atoms with van der Waals surface area (Å²) in [6.07, 6.45) is 1.59. The first kappa shape index (κ1) is 28.0. The first-order valence-corrected chi connectivity index (χ1v) is 13.3. The number of benzene rings is 1. The van der Waals surface area contributed by atoms with Gasteiger partial charge in [0, 0.05) is 25.4 Å². The van der Waals surface area contributed by atoms with Gasteiger partial charge >= 0.3 is 6.16 Å². The van der Waals surface area contributed by atoms with Gasteiger partial charge < -0.3 is 31.2 Å². The molecular weight excluding hydrogens is 535 g/mol. The first-order valence-electron chi connectivity index (χ1n) is 11.1. The molecule has 2 heterocycles. The molecule has 1 amide bonds. The molecule has 0 spiro atoms. The number of aromatic nitrogens is 2. The average molecular weight is 563 g/mol. The lowest BCUT2D eigenvalue weighted by atomic mass is 9.96. The lowest BCUT2D eigenvalue weighted by molar-refractivity contribution is -0.149. The molecule has 3 rings (SSSR count). The van der Waals surface area contributed by atoms with E-state index >= 15 is 0 Å². The van der Waals surface area contributed by atoms with Crippen LogP contribution in [0, 0.1) is 5.92 Å². The molecule has 36 heavy (non-hydrogen) atoms. The minimum Gasteiger partial charge on any atom is -0.450 e. The highest BCUT2D eigenvalue weighted by Crippen LogP contribution is 2.31. The summed E-state index contributed by atoms with van der Waals surface area (Å²) in [5.74, 6) is -0.0592. The van der Waals surface area contributed by atoms with Gasteiger partial charge in [0.25, 0.3) is 0 Å². The van der Waals surface area contributed by atoms with Crippen molar-refractivity contribution >= 4 is 51.0 Å². The van der Waals surface area contributed by atoms with E-state index in [4.69, 9.17) is 44.5 Å². The fraction of sp³-hybridized carbons (Fsp3) is 0.476. The summed E-state index contributed by atoms with van der Waals surface area (Å²) in [6, 6.07) is 0.354. The Bertz CT molecular complexity index is 1170. The fourth-order valence-corrected chi connectivity index (χ4v) is 5.83. The number of carbonyl (C=O) groups excluding carboxylic acids is 1. The zero-order valence-corrected chi connectivity index (χ0v) is 21.7. The van der Waals surface area contributed by atoms with E-state index in [2.05, 4.69) is 14.7 Å². The highest BCUT2D eigenvalue weighted by atomic mass is 35.5. The molecule has 1 aromatic carbocycles. The van der Waals surface area contributed by atoms with Crippen molar-refractivity contribution in [3.8, 4) is 0 Å². The number of anilines is 1. The Morgan fingerprint density at radius 3 is 2.58 bits per heavy atom. The van der Waals surface area contributed by atoms with Crippen LogP contribution in [0.5, 0.6) is 0 Å². The topological polar surface area (TPSA) is 194 Å². The summed E-state index contributed by atoms with van der Waals surface area (Å²) >= 11 is 12.0. The molecule has 15 heteroatoms. The molecular formula is C21H28Cl2N6O6S. The number of piperidine rings is 1. The van der Waals surface area contributed by atoms with Gasteiger partial charge in [0.05, 0.1) is 26.7 Å². The lowest BCUT2D eigenvalue weighted by Crippen LogP contribution is -2.55. The number of rotatable bonds is 9. The van der Waals surface area contributed by atoms with Crippen LogP contribution in [0.15, 0.2) is 29.4 Å². The van der Waals surface area contributed by atoms with Crippen LogP contribution in [0.1, 0.15) is 44.5 Å². The molecule has 1 saturated heterocycles. The molecule has 1 aliphatic heterocycles. The van der Waals surface area contributed by atoms with E-state index in [1.165, 1.54) is 11.1 Å². The second kappa shape index (κ2) is 11.6. The van der Waals surface area contributed by atoms with Crippen molar-refractivity contribution in [3.05, 3.63) is 40.4 Å². The standard InChI is InChI=1S/C21H28Cl2N6O6S/c1-11-4-7-29(17(8-11)35-21(31)32)20(30)16(3-2-15(24)19-26-5-6-27-19)28-36(33,34)12-9-13(22)18(25)14(23)10-12/h5-6,9-11,15-17,28H,2-4,7-8,24-25H2,1H3,(H,26,27)(H,31,32)/t11-,15?,16+,17-/m1/s1. The minimum atomic E-state index is -4.30. The van der Waals surface area contributed by atoms with Crippen molar-refractivity contribution in [1.82, 2.24) is 19.6 Å². The van der Waals surface area contributed by atoms with E-state index < -0.39 is 40.4 Å². The zero-order valence-electron chi connectivity index (χ0n) is 19.4. The molecule has 2 aromatic rings. The number of H-pyrrole nitrogens is 1. The van der Waals surface area contributed by atoms with E-state index in [0.717, 1.165) is 12.1 Å². The number of nitrogens with two attached hydrogens (primary N) is 2. The lowest BCUT2D eigenvalue weighted by Gasteiger charge is -2.38. The molecule has 0 radical (unpaired) electrons. The largest absolute Gasteiger partial charge is 0.507 e. The first-order chi connectivity index (χ1) is 16.9. The normalized spacial score (nSPS) is 20.1. The number of carboxylic acid groups (broad SMARTS) is 1. The quantitative estimate of drug-likeness (QED) is 0.225. The van der Waals surface area contributed by atoms with Gasteiger partial charge in [-0.2, -0.15) is 4.72 Å². The number of ether oxygens (including phenoxy) is 1. The Kier molecular flexibility index (Phi) is 9.06. The molecule has 0 saturated carbocycles. The summed E-state index contributed by atoms with van der Waals surface area (Å²) in [4.78, 5) is 32.7. The molecule has 7 N–H and O–H groups in total. The number of nitrogen functional groups attached to an aromatic ring is 1. The van der Waals surface area contributed by atoms with Crippen LogP contribution in [0.3, 0.4) is 0 Å². The fourth-order valence-electron chi connectivity index (χ4n) is 3.94. The summed E-state index contributed by atoms with van der Waals surface area (Å²) in [5, 5.41) is 9.02. The number of nitrogens with zero attached hydrogens (tertiary/aromatic N) is 2. The van der Waals surface area contributed by atoms with Crippen molar-refractivity contribution < 1.29 is 27.9 Å². The van der Waals surface area contributed by atoms with Gasteiger partial charge in [-0.3, -0.25) is 4.79 Å². The molecule has 1 aromatic heterocycles. The predicted octanol–water partition coefficient (Wildman–Crippen LogP) is 2.71. The van der Waals surface area contributed by atoms with E-state index in [0.29, 0.717) is 12.2 Å². The van der Waals surface area contributed by atoms with Gasteiger partial charge in [-0.05, 0) is 37.3 Å². The van der Waals surface area contributed by atoms with Crippen molar-refractivity contribution in [2.75, 3.05) is 12.3 Å². The Hall–Kier alpha value is -2.58. The van der Waals surface area contributed by atoms with Crippen LogP contribution in [0.4, 0.5) is 10.5 Å². The van der Waals surface area contributed by atoms with Gasteiger partial charge in [0.15, 0.2) is 6.23 Å². The van der Waals surface area contributed by atoms with Crippen LogP contribution in [0.25, 0.3) is 0 Å². The van der Waals surface area contributed by atoms with Gasteiger partial charge in [-0.1, -0.05) is 30.1 Å². The Balaban J connectivity index is 1.89. The monoisotopic (exact) mass is 562 g/mol. The van der Waals surface area contributed by atoms with Crippen LogP contribution in [0.2, 0.25) is 10.0 Å². The smallest absolute Gasteiger partial charge is 0.450 e. The molecule has 1 aliphatic rings. The molecule has 198 valence electrons. The molecule has 1 unspecified atom stereocenters. The molecule has 0 aliphatic carbocycles. The molecule has 12 nitrogen and oxygen atoms in total. The summed E-state index contributed by atoms with van der Waals surface area (Å²) in [7, 11) is -4.30. The third kappa shape index (κ3) is 6.79. The maximum absolute atomic E-state index is 13.6.